The molecule has 5 nitrogen and oxygen atoms in total. The Hall–Kier alpha value is -1.34. The molecule has 0 aliphatic rings. The van der Waals surface area contributed by atoms with Crippen LogP contribution in [0.15, 0.2) is 18.7 Å². The number of rotatable bonds is 7. The Balaban J connectivity index is 3.08. The number of hydrogen-bond acceptors (Lipinski definition) is 5. The average molecular weight is 303 g/mol. The molecule has 106 valence electrons. The fourth-order valence-corrected chi connectivity index (χ4v) is 3.56. The summed E-state index contributed by atoms with van der Waals surface area (Å²) in [6, 6.07) is 1.66. The summed E-state index contributed by atoms with van der Waals surface area (Å²) in [6.45, 7) is 7.27. The summed E-state index contributed by atoms with van der Waals surface area (Å²) in [7, 11) is -3.52. The number of carbonyl (C=O) groups is 1. The molecule has 0 atom stereocenters. The van der Waals surface area contributed by atoms with E-state index in [4.69, 9.17) is 4.74 Å². The molecule has 0 unspecified atom stereocenters. The number of carbonyl (C=O) groups excluding carboxylic acids is 1. The van der Waals surface area contributed by atoms with Crippen LogP contribution in [0.25, 0.3) is 0 Å². The molecule has 1 N–H and O–H groups in total. The van der Waals surface area contributed by atoms with Crippen molar-refractivity contribution in [3.63, 3.8) is 0 Å². The average Bonchev–Trinajstić information content (AvgIpc) is 2.71. The summed E-state index contributed by atoms with van der Waals surface area (Å²) >= 11 is 1.24. The van der Waals surface area contributed by atoms with E-state index in [0.29, 0.717) is 5.00 Å². The Labute approximate surface area is 117 Å². The molecule has 7 heteroatoms. The van der Waals surface area contributed by atoms with E-state index >= 15 is 0 Å². The molecule has 0 spiro atoms. The molecule has 0 aliphatic carbocycles. The van der Waals surface area contributed by atoms with E-state index in [-0.39, 0.29) is 17.9 Å². The van der Waals surface area contributed by atoms with E-state index in [9.17, 15) is 13.2 Å². The third-order valence-electron chi connectivity index (χ3n) is 2.21. The van der Waals surface area contributed by atoms with Crippen LogP contribution in [0.2, 0.25) is 0 Å². The normalized spacial score (nSPS) is 11.1. The fraction of sp³-hybridized carbons (Fsp3) is 0.417. The van der Waals surface area contributed by atoms with E-state index in [1.165, 1.54) is 17.4 Å². The highest BCUT2D eigenvalue weighted by atomic mass is 32.2. The van der Waals surface area contributed by atoms with Crippen LogP contribution in [-0.4, -0.2) is 26.7 Å². The first-order valence-electron chi connectivity index (χ1n) is 5.84. The van der Waals surface area contributed by atoms with Gasteiger partial charge in [-0.3, -0.25) is 4.72 Å². The van der Waals surface area contributed by atoms with E-state index in [1.54, 1.807) is 13.0 Å². The second-order valence-electron chi connectivity index (χ2n) is 3.70. The summed E-state index contributed by atoms with van der Waals surface area (Å²) in [5, 5.41) is 0.303. The predicted molar refractivity (Wildman–Crippen MR) is 77.3 cm³/mol. The molecule has 1 heterocycles. The van der Waals surface area contributed by atoms with Crippen LogP contribution in [-0.2, 0) is 21.2 Å². The molecular formula is C12H17NO4S2. The van der Waals surface area contributed by atoms with Gasteiger partial charge < -0.3 is 4.74 Å². The molecule has 0 aliphatic heterocycles. The van der Waals surface area contributed by atoms with Crippen LogP contribution in [0.3, 0.4) is 0 Å². The summed E-state index contributed by atoms with van der Waals surface area (Å²) in [4.78, 5) is 12.7. The van der Waals surface area contributed by atoms with Gasteiger partial charge in [-0.2, -0.15) is 0 Å². The maximum absolute atomic E-state index is 11.8. The maximum atomic E-state index is 11.8. The molecule has 19 heavy (non-hydrogen) atoms. The zero-order chi connectivity index (χ0) is 14.5. The predicted octanol–water partition coefficient (Wildman–Crippen LogP) is 2.41. The van der Waals surface area contributed by atoms with Crippen molar-refractivity contribution in [1.82, 2.24) is 0 Å². The third kappa shape index (κ3) is 4.36. The number of anilines is 1. The zero-order valence-corrected chi connectivity index (χ0v) is 12.6. The van der Waals surface area contributed by atoms with E-state index in [2.05, 4.69) is 11.3 Å². The van der Waals surface area contributed by atoms with Gasteiger partial charge in [0.05, 0.1) is 17.9 Å². The SMILES string of the molecule is C=CCS(=O)(=O)Nc1sc(CC)cc1C(=O)OCC. The van der Waals surface area contributed by atoms with Gasteiger partial charge in [-0.25, -0.2) is 13.2 Å². The van der Waals surface area contributed by atoms with Crippen molar-refractivity contribution in [3.05, 3.63) is 29.2 Å². The van der Waals surface area contributed by atoms with Crippen LogP contribution in [0, 0.1) is 0 Å². The second-order valence-corrected chi connectivity index (χ2v) is 6.61. The highest BCUT2D eigenvalue weighted by Gasteiger charge is 2.20. The van der Waals surface area contributed by atoms with E-state index in [0.717, 1.165) is 11.3 Å². The molecule has 0 aromatic carbocycles. The lowest BCUT2D eigenvalue weighted by molar-refractivity contribution is 0.0528. The standard InChI is InChI=1S/C12H17NO4S2/c1-4-7-19(15,16)13-11-10(12(14)17-6-3)8-9(5-2)18-11/h4,8,13H,1,5-7H2,2-3H3. The van der Waals surface area contributed by atoms with Gasteiger partial charge in [0.1, 0.15) is 5.00 Å². The summed E-state index contributed by atoms with van der Waals surface area (Å²) < 4.78 is 30.7. The van der Waals surface area contributed by atoms with Crippen molar-refractivity contribution in [1.29, 1.82) is 0 Å². The molecule has 1 aromatic rings. The van der Waals surface area contributed by atoms with Crippen molar-refractivity contribution in [2.45, 2.75) is 20.3 Å². The monoisotopic (exact) mass is 303 g/mol. The quantitative estimate of drug-likeness (QED) is 0.620. The van der Waals surface area contributed by atoms with E-state index in [1.807, 2.05) is 6.92 Å². The Kier molecular flexibility index (Phi) is 5.56. The number of aryl methyl sites for hydroxylation is 1. The van der Waals surface area contributed by atoms with Gasteiger partial charge in [0.25, 0.3) is 0 Å². The van der Waals surface area contributed by atoms with Gasteiger partial charge in [0.15, 0.2) is 0 Å². The maximum Gasteiger partial charge on any atom is 0.341 e. The third-order valence-corrected chi connectivity index (χ3v) is 4.73. The van der Waals surface area contributed by atoms with Crippen molar-refractivity contribution < 1.29 is 17.9 Å². The Morgan fingerprint density at radius 2 is 2.21 bits per heavy atom. The first-order valence-corrected chi connectivity index (χ1v) is 8.31. The smallest absolute Gasteiger partial charge is 0.341 e. The molecule has 1 rings (SSSR count). The first kappa shape index (κ1) is 15.7. The van der Waals surface area contributed by atoms with Gasteiger partial charge in [-0.15, -0.1) is 17.9 Å². The van der Waals surface area contributed by atoms with Crippen LogP contribution in [0.1, 0.15) is 29.1 Å². The number of thiophene rings is 1. The lowest BCUT2D eigenvalue weighted by atomic mass is 10.2. The lowest BCUT2D eigenvalue weighted by Crippen LogP contribution is -2.16. The van der Waals surface area contributed by atoms with Gasteiger partial charge in [0, 0.05) is 4.88 Å². The molecule has 0 saturated heterocycles. The Morgan fingerprint density at radius 3 is 2.74 bits per heavy atom. The molecule has 0 amide bonds. The lowest BCUT2D eigenvalue weighted by Gasteiger charge is -2.06. The van der Waals surface area contributed by atoms with Crippen molar-refractivity contribution >= 4 is 32.3 Å². The summed E-state index contributed by atoms with van der Waals surface area (Å²) in [5.74, 6) is -0.719. The van der Waals surface area contributed by atoms with Crippen molar-refractivity contribution in [2.24, 2.45) is 0 Å². The Bertz CT molecular complexity index is 560. The minimum absolute atomic E-state index is 0.200. The van der Waals surface area contributed by atoms with Crippen LogP contribution in [0.4, 0.5) is 5.00 Å². The molecule has 0 fully saturated rings. The largest absolute Gasteiger partial charge is 0.462 e. The number of nitrogens with one attached hydrogen (secondary N) is 1. The van der Waals surface area contributed by atoms with Gasteiger partial charge in [-0.1, -0.05) is 13.0 Å². The van der Waals surface area contributed by atoms with Crippen molar-refractivity contribution in [2.75, 3.05) is 17.1 Å². The number of esters is 1. The van der Waals surface area contributed by atoms with Gasteiger partial charge in [-0.05, 0) is 19.4 Å². The molecule has 0 saturated carbocycles. The summed E-state index contributed by atoms with van der Waals surface area (Å²) in [6.07, 6.45) is 2.01. The number of sulfonamides is 1. The molecule has 0 radical (unpaired) electrons. The highest BCUT2D eigenvalue weighted by molar-refractivity contribution is 7.93. The van der Waals surface area contributed by atoms with Crippen LogP contribution in [0.5, 0.6) is 0 Å². The summed E-state index contributed by atoms with van der Waals surface area (Å²) in [5.41, 5.74) is 0.260. The highest BCUT2D eigenvalue weighted by Crippen LogP contribution is 2.30. The fourth-order valence-electron chi connectivity index (χ4n) is 1.39. The van der Waals surface area contributed by atoms with Crippen LogP contribution >= 0.6 is 11.3 Å². The zero-order valence-electron chi connectivity index (χ0n) is 10.9. The number of ether oxygens (including phenoxy) is 1. The first-order chi connectivity index (χ1) is 8.93. The van der Waals surface area contributed by atoms with E-state index < -0.39 is 16.0 Å². The molecular weight excluding hydrogens is 286 g/mol. The minimum atomic E-state index is -3.52. The van der Waals surface area contributed by atoms with Crippen LogP contribution < -0.4 is 4.72 Å². The van der Waals surface area contributed by atoms with Gasteiger partial charge >= 0.3 is 5.97 Å². The molecule has 1 aromatic heterocycles. The number of hydrogen-bond donors (Lipinski definition) is 1. The minimum Gasteiger partial charge on any atom is -0.462 e. The molecule has 0 bridgehead atoms. The Morgan fingerprint density at radius 1 is 1.53 bits per heavy atom. The topological polar surface area (TPSA) is 72.5 Å². The van der Waals surface area contributed by atoms with Gasteiger partial charge in [0.2, 0.25) is 10.0 Å². The van der Waals surface area contributed by atoms with Crippen molar-refractivity contribution in [3.8, 4) is 0 Å². The second kappa shape index (κ2) is 6.72.